The number of hydrogen-bond acceptors (Lipinski definition) is 2. The molecular formula is C10H19NO. The minimum atomic E-state index is 0.822. The van der Waals surface area contributed by atoms with Crippen LogP contribution >= 0.6 is 0 Å². The molecule has 2 N–H and O–H groups in total. The SMILES string of the molecule is CC.COC.Nc1ccccc1. The molecule has 0 saturated carbocycles. The number of hydrogen-bond donors (Lipinski definition) is 1. The maximum Gasteiger partial charge on any atom is 0.0351 e. The Labute approximate surface area is 75.4 Å². The zero-order valence-corrected chi connectivity index (χ0v) is 8.37. The summed E-state index contributed by atoms with van der Waals surface area (Å²) < 4.78 is 4.25. The van der Waals surface area contributed by atoms with Gasteiger partial charge in [0.15, 0.2) is 0 Å². The fourth-order valence-electron chi connectivity index (χ4n) is 0.453. The van der Waals surface area contributed by atoms with Gasteiger partial charge >= 0.3 is 0 Å². The third-order valence-corrected chi connectivity index (χ3v) is 0.800. The van der Waals surface area contributed by atoms with Crippen molar-refractivity contribution < 1.29 is 4.74 Å². The predicted octanol–water partition coefficient (Wildman–Crippen LogP) is 2.56. The van der Waals surface area contributed by atoms with Crippen molar-refractivity contribution in [2.45, 2.75) is 13.8 Å². The first-order valence-electron chi connectivity index (χ1n) is 4.02. The summed E-state index contributed by atoms with van der Waals surface area (Å²) in [5.41, 5.74) is 6.18. The van der Waals surface area contributed by atoms with E-state index in [-0.39, 0.29) is 0 Å². The molecule has 0 aliphatic heterocycles. The molecular weight excluding hydrogens is 150 g/mol. The molecule has 1 aromatic rings. The number of nitrogens with two attached hydrogens (primary N) is 1. The zero-order chi connectivity index (χ0) is 9.82. The number of ether oxygens (including phenoxy) is 1. The summed E-state index contributed by atoms with van der Waals surface area (Å²) >= 11 is 0. The highest BCUT2D eigenvalue weighted by Gasteiger charge is 1.72. The van der Waals surface area contributed by atoms with Crippen LogP contribution < -0.4 is 5.73 Å². The molecule has 1 rings (SSSR count). The second kappa shape index (κ2) is 12.6. The molecule has 70 valence electrons. The van der Waals surface area contributed by atoms with E-state index in [0.29, 0.717) is 0 Å². The van der Waals surface area contributed by atoms with Gasteiger partial charge in [-0.1, -0.05) is 32.0 Å². The normalized spacial score (nSPS) is 7.00. The zero-order valence-electron chi connectivity index (χ0n) is 8.37. The third kappa shape index (κ3) is 11.7. The van der Waals surface area contributed by atoms with Gasteiger partial charge in [0.2, 0.25) is 0 Å². The third-order valence-electron chi connectivity index (χ3n) is 0.800. The first kappa shape index (κ1) is 13.6. The summed E-state index contributed by atoms with van der Waals surface area (Å²) in [7, 11) is 3.25. The van der Waals surface area contributed by atoms with Crippen LogP contribution in [0.5, 0.6) is 0 Å². The lowest BCUT2D eigenvalue weighted by atomic mass is 10.3. The number of nitrogen functional groups attached to an aromatic ring is 1. The molecule has 0 bridgehead atoms. The summed E-state index contributed by atoms with van der Waals surface area (Å²) in [6.07, 6.45) is 0. The maximum absolute atomic E-state index is 5.36. The van der Waals surface area contributed by atoms with Crippen molar-refractivity contribution in [2.75, 3.05) is 20.0 Å². The fraction of sp³-hybridized carbons (Fsp3) is 0.400. The van der Waals surface area contributed by atoms with Gasteiger partial charge in [-0.2, -0.15) is 0 Å². The van der Waals surface area contributed by atoms with Crippen molar-refractivity contribution >= 4 is 5.69 Å². The van der Waals surface area contributed by atoms with E-state index in [9.17, 15) is 0 Å². The lowest BCUT2D eigenvalue weighted by Crippen LogP contribution is -1.79. The van der Waals surface area contributed by atoms with Crippen LogP contribution in [-0.4, -0.2) is 14.2 Å². The van der Waals surface area contributed by atoms with Crippen molar-refractivity contribution in [2.24, 2.45) is 0 Å². The van der Waals surface area contributed by atoms with Gasteiger partial charge in [-0.25, -0.2) is 0 Å². The average Bonchev–Trinajstić information content (AvgIpc) is 2.11. The number of para-hydroxylation sites is 1. The Morgan fingerprint density at radius 1 is 1.00 bits per heavy atom. The van der Waals surface area contributed by atoms with E-state index < -0.39 is 0 Å². The maximum atomic E-state index is 5.36. The largest absolute Gasteiger partial charge is 0.399 e. The number of rotatable bonds is 0. The van der Waals surface area contributed by atoms with Crippen molar-refractivity contribution in [3.63, 3.8) is 0 Å². The number of anilines is 1. The average molecular weight is 169 g/mol. The molecule has 0 amide bonds. The van der Waals surface area contributed by atoms with Gasteiger partial charge in [-0.05, 0) is 12.1 Å². The summed E-state index contributed by atoms with van der Waals surface area (Å²) in [5, 5.41) is 0. The number of methoxy groups -OCH3 is 1. The molecule has 0 aliphatic carbocycles. The topological polar surface area (TPSA) is 35.2 Å². The van der Waals surface area contributed by atoms with E-state index in [1.807, 2.05) is 44.2 Å². The molecule has 12 heavy (non-hydrogen) atoms. The molecule has 0 aromatic heterocycles. The van der Waals surface area contributed by atoms with Crippen LogP contribution in [0.4, 0.5) is 5.69 Å². The smallest absolute Gasteiger partial charge is 0.0351 e. The van der Waals surface area contributed by atoms with Gasteiger partial charge < -0.3 is 10.5 Å². The molecule has 0 atom stereocenters. The van der Waals surface area contributed by atoms with E-state index in [4.69, 9.17) is 5.73 Å². The van der Waals surface area contributed by atoms with Gasteiger partial charge in [-0.3, -0.25) is 0 Å². The summed E-state index contributed by atoms with van der Waals surface area (Å²) in [5.74, 6) is 0. The van der Waals surface area contributed by atoms with Crippen LogP contribution in [0.3, 0.4) is 0 Å². The highest BCUT2D eigenvalue weighted by Crippen LogP contribution is 1.95. The van der Waals surface area contributed by atoms with E-state index in [2.05, 4.69) is 4.74 Å². The minimum absolute atomic E-state index is 0.822. The van der Waals surface area contributed by atoms with Crippen LogP contribution in [-0.2, 0) is 4.74 Å². The van der Waals surface area contributed by atoms with Crippen LogP contribution in [0.15, 0.2) is 30.3 Å². The standard InChI is InChI=1S/C6H7N.C2H6O.C2H6/c7-6-4-2-1-3-5-6;1-3-2;1-2/h1-5H,7H2;1-2H3;1-2H3. The van der Waals surface area contributed by atoms with Crippen molar-refractivity contribution in [1.29, 1.82) is 0 Å². The molecule has 0 fully saturated rings. The Morgan fingerprint density at radius 3 is 1.50 bits per heavy atom. The Balaban J connectivity index is 0. The molecule has 2 nitrogen and oxygen atoms in total. The monoisotopic (exact) mass is 169 g/mol. The fourth-order valence-corrected chi connectivity index (χ4v) is 0.453. The van der Waals surface area contributed by atoms with E-state index in [0.717, 1.165) is 5.69 Å². The Kier molecular flexibility index (Phi) is 14.3. The van der Waals surface area contributed by atoms with Gasteiger partial charge in [0.25, 0.3) is 0 Å². The van der Waals surface area contributed by atoms with Crippen LogP contribution in [0.25, 0.3) is 0 Å². The highest BCUT2D eigenvalue weighted by molar-refractivity contribution is 5.35. The quantitative estimate of drug-likeness (QED) is 0.606. The second-order valence-electron chi connectivity index (χ2n) is 1.82. The molecule has 0 unspecified atom stereocenters. The first-order chi connectivity index (χ1) is 5.81. The molecule has 0 spiro atoms. The van der Waals surface area contributed by atoms with Crippen molar-refractivity contribution in [1.82, 2.24) is 0 Å². The highest BCUT2D eigenvalue weighted by atomic mass is 16.4. The van der Waals surface area contributed by atoms with E-state index >= 15 is 0 Å². The molecule has 0 radical (unpaired) electrons. The van der Waals surface area contributed by atoms with E-state index in [1.165, 1.54) is 0 Å². The Morgan fingerprint density at radius 2 is 1.33 bits per heavy atom. The minimum Gasteiger partial charge on any atom is -0.399 e. The molecule has 0 heterocycles. The summed E-state index contributed by atoms with van der Waals surface area (Å²) in [6.45, 7) is 4.00. The van der Waals surface area contributed by atoms with Crippen LogP contribution in [0, 0.1) is 0 Å². The number of benzene rings is 1. The predicted molar refractivity (Wildman–Crippen MR) is 55.1 cm³/mol. The van der Waals surface area contributed by atoms with E-state index in [1.54, 1.807) is 14.2 Å². The van der Waals surface area contributed by atoms with Crippen molar-refractivity contribution in [3.8, 4) is 0 Å². The molecule has 2 heteroatoms. The Hall–Kier alpha value is -1.02. The van der Waals surface area contributed by atoms with Crippen molar-refractivity contribution in [3.05, 3.63) is 30.3 Å². The van der Waals surface area contributed by atoms with Gasteiger partial charge in [0, 0.05) is 19.9 Å². The van der Waals surface area contributed by atoms with Crippen LogP contribution in [0.1, 0.15) is 13.8 Å². The summed E-state index contributed by atoms with van der Waals surface area (Å²) in [4.78, 5) is 0. The molecule has 0 aliphatic rings. The lowest BCUT2D eigenvalue weighted by molar-refractivity contribution is 0.277. The lowest BCUT2D eigenvalue weighted by Gasteiger charge is -1.83. The molecule has 1 aromatic carbocycles. The van der Waals surface area contributed by atoms with Gasteiger partial charge in [0.05, 0.1) is 0 Å². The van der Waals surface area contributed by atoms with Gasteiger partial charge in [-0.15, -0.1) is 0 Å². The van der Waals surface area contributed by atoms with Gasteiger partial charge in [0.1, 0.15) is 0 Å². The second-order valence-corrected chi connectivity index (χ2v) is 1.82. The summed E-state index contributed by atoms with van der Waals surface area (Å²) in [6, 6.07) is 9.49. The Bertz CT molecular complexity index is 151. The molecule has 0 saturated heterocycles. The van der Waals surface area contributed by atoms with Crippen LogP contribution in [0.2, 0.25) is 0 Å². The first-order valence-corrected chi connectivity index (χ1v) is 4.02.